The lowest BCUT2D eigenvalue weighted by atomic mass is 10.1. The Hall–Kier alpha value is -2.59. The fraction of sp³-hybridized carbons (Fsp3) is 0.474. The van der Waals surface area contributed by atoms with E-state index in [1.165, 1.54) is 12.1 Å². The van der Waals surface area contributed by atoms with E-state index in [1.54, 1.807) is 11.0 Å². The Balaban J connectivity index is 1.47. The van der Waals surface area contributed by atoms with E-state index in [2.05, 4.69) is 5.32 Å². The zero-order valence-corrected chi connectivity index (χ0v) is 15.5. The molecule has 0 spiro atoms. The Morgan fingerprint density at radius 2 is 2.07 bits per heavy atom. The summed E-state index contributed by atoms with van der Waals surface area (Å²) in [5.74, 6) is -1.58. The summed E-state index contributed by atoms with van der Waals surface area (Å²) in [6.45, 7) is -0.0697. The lowest BCUT2D eigenvalue weighted by molar-refractivity contribution is -0.151. The molecule has 0 radical (unpaired) electrons. The van der Waals surface area contributed by atoms with Crippen LogP contribution in [0.4, 0.5) is 5.69 Å². The summed E-state index contributed by atoms with van der Waals surface area (Å²) in [6.07, 6.45) is 4.35. The summed E-state index contributed by atoms with van der Waals surface area (Å²) in [5.41, 5.74) is 0.710. The minimum atomic E-state index is -0.531. The molecule has 1 aliphatic carbocycles. The molecular formula is C19H20ClN3O4. The monoisotopic (exact) mass is 389 g/mol. The number of nitrogens with zero attached hydrogens (tertiary/aromatic N) is 2. The van der Waals surface area contributed by atoms with Crippen molar-refractivity contribution in [2.45, 2.75) is 38.1 Å². The SMILES string of the molecule is N#Cc1ccc(NC(=O)COC(=O)[C@H]2CC(=O)N(C3CCCC3)C2)cc1Cl. The summed E-state index contributed by atoms with van der Waals surface area (Å²) in [4.78, 5) is 38.1. The first-order valence-electron chi connectivity index (χ1n) is 8.93. The third-order valence-electron chi connectivity index (χ3n) is 4.98. The fourth-order valence-electron chi connectivity index (χ4n) is 3.59. The van der Waals surface area contributed by atoms with Crippen molar-refractivity contribution < 1.29 is 19.1 Å². The van der Waals surface area contributed by atoms with Crippen LogP contribution in [-0.2, 0) is 19.1 Å². The number of halogens is 1. The fourth-order valence-corrected chi connectivity index (χ4v) is 3.82. The van der Waals surface area contributed by atoms with E-state index in [0.717, 1.165) is 25.7 Å². The average molecular weight is 390 g/mol. The maximum atomic E-state index is 12.2. The van der Waals surface area contributed by atoms with Crippen LogP contribution in [0.5, 0.6) is 0 Å². The van der Waals surface area contributed by atoms with Crippen LogP contribution in [0.15, 0.2) is 18.2 Å². The standard InChI is InChI=1S/C19H20ClN3O4/c20-16-8-14(6-5-12(16)9-21)22-17(24)11-27-19(26)13-7-18(25)23(10-13)15-3-1-2-4-15/h5-6,8,13,15H,1-4,7,10-11H2,(H,22,24)/t13-/m0/s1. The van der Waals surface area contributed by atoms with Crippen molar-refractivity contribution in [2.24, 2.45) is 5.92 Å². The zero-order valence-electron chi connectivity index (χ0n) is 14.7. The number of rotatable bonds is 5. The number of nitrogens with one attached hydrogen (secondary N) is 1. The summed E-state index contributed by atoms with van der Waals surface area (Å²) < 4.78 is 5.08. The van der Waals surface area contributed by atoms with Crippen LogP contribution >= 0.6 is 11.6 Å². The molecule has 1 aromatic carbocycles. The Labute approximate surface area is 162 Å². The smallest absolute Gasteiger partial charge is 0.311 e. The molecule has 2 amide bonds. The highest BCUT2D eigenvalue weighted by Crippen LogP contribution is 2.29. The second kappa shape index (κ2) is 8.40. The summed E-state index contributed by atoms with van der Waals surface area (Å²) in [6, 6.07) is 6.65. The minimum absolute atomic E-state index is 0.0134. The quantitative estimate of drug-likeness (QED) is 0.780. The topological polar surface area (TPSA) is 99.5 Å². The van der Waals surface area contributed by atoms with E-state index in [1.807, 2.05) is 6.07 Å². The predicted molar refractivity (Wildman–Crippen MR) is 97.8 cm³/mol. The van der Waals surface area contributed by atoms with Gasteiger partial charge < -0.3 is 15.0 Å². The molecule has 0 unspecified atom stereocenters. The van der Waals surface area contributed by atoms with Crippen LogP contribution in [-0.4, -0.2) is 41.9 Å². The highest BCUT2D eigenvalue weighted by Gasteiger charge is 2.39. The van der Waals surface area contributed by atoms with Crippen LogP contribution in [0.1, 0.15) is 37.7 Å². The van der Waals surface area contributed by atoms with E-state index in [-0.39, 0.29) is 23.4 Å². The van der Waals surface area contributed by atoms with Crippen LogP contribution in [0.25, 0.3) is 0 Å². The lowest BCUT2D eigenvalue weighted by Gasteiger charge is -2.23. The molecule has 0 bridgehead atoms. The van der Waals surface area contributed by atoms with Crippen molar-refractivity contribution in [1.82, 2.24) is 4.90 Å². The first-order chi connectivity index (χ1) is 13.0. The van der Waals surface area contributed by atoms with Gasteiger partial charge in [0.05, 0.1) is 16.5 Å². The molecule has 2 aliphatic rings. The molecule has 7 nitrogen and oxygen atoms in total. The number of ether oxygens (including phenoxy) is 1. The molecule has 27 heavy (non-hydrogen) atoms. The molecule has 1 aliphatic heterocycles. The molecule has 1 saturated heterocycles. The van der Waals surface area contributed by atoms with Crippen molar-refractivity contribution in [3.05, 3.63) is 28.8 Å². The predicted octanol–water partition coefficient (Wildman–Crippen LogP) is 2.48. The highest BCUT2D eigenvalue weighted by molar-refractivity contribution is 6.32. The lowest BCUT2D eigenvalue weighted by Crippen LogP contribution is -2.35. The van der Waals surface area contributed by atoms with Gasteiger partial charge >= 0.3 is 5.97 Å². The van der Waals surface area contributed by atoms with Gasteiger partial charge in [0.2, 0.25) is 5.91 Å². The van der Waals surface area contributed by atoms with Gasteiger partial charge in [-0.15, -0.1) is 0 Å². The average Bonchev–Trinajstić information content (AvgIpc) is 3.29. The molecular weight excluding hydrogens is 370 g/mol. The second-order valence-electron chi connectivity index (χ2n) is 6.85. The van der Waals surface area contributed by atoms with Crippen LogP contribution in [0.3, 0.4) is 0 Å². The van der Waals surface area contributed by atoms with Gasteiger partial charge in [-0.05, 0) is 31.0 Å². The zero-order chi connectivity index (χ0) is 19.4. The molecule has 8 heteroatoms. The molecule has 1 saturated carbocycles. The number of carbonyl (C=O) groups is 3. The largest absolute Gasteiger partial charge is 0.455 e. The number of likely N-dealkylation sites (tertiary alicyclic amines) is 1. The summed E-state index contributed by atoms with van der Waals surface area (Å²) >= 11 is 5.91. The van der Waals surface area contributed by atoms with Gasteiger partial charge in [0, 0.05) is 24.7 Å². The molecule has 0 aromatic heterocycles. The van der Waals surface area contributed by atoms with Crippen LogP contribution in [0, 0.1) is 17.2 Å². The Morgan fingerprint density at radius 3 is 2.74 bits per heavy atom. The van der Waals surface area contributed by atoms with Crippen molar-refractivity contribution in [1.29, 1.82) is 5.26 Å². The summed E-state index contributed by atoms with van der Waals surface area (Å²) in [7, 11) is 0. The third kappa shape index (κ3) is 4.58. The first-order valence-corrected chi connectivity index (χ1v) is 9.31. The number of hydrogen-bond donors (Lipinski definition) is 1. The van der Waals surface area contributed by atoms with E-state index in [4.69, 9.17) is 21.6 Å². The van der Waals surface area contributed by atoms with Gasteiger partial charge in [-0.1, -0.05) is 24.4 Å². The Bertz CT molecular complexity index is 799. The molecule has 142 valence electrons. The van der Waals surface area contributed by atoms with Crippen LogP contribution in [0.2, 0.25) is 5.02 Å². The van der Waals surface area contributed by atoms with Gasteiger partial charge in [0.25, 0.3) is 5.91 Å². The van der Waals surface area contributed by atoms with Gasteiger partial charge in [0.15, 0.2) is 6.61 Å². The number of amides is 2. The molecule has 1 N–H and O–H groups in total. The molecule has 2 fully saturated rings. The van der Waals surface area contributed by atoms with E-state index in [9.17, 15) is 14.4 Å². The molecule has 1 aromatic rings. The molecule has 3 rings (SSSR count). The number of benzene rings is 1. The maximum Gasteiger partial charge on any atom is 0.311 e. The number of carbonyl (C=O) groups excluding carboxylic acids is 3. The van der Waals surface area contributed by atoms with Crippen molar-refractivity contribution >= 4 is 35.1 Å². The van der Waals surface area contributed by atoms with E-state index >= 15 is 0 Å². The van der Waals surface area contributed by atoms with Crippen molar-refractivity contribution in [3.63, 3.8) is 0 Å². The number of nitriles is 1. The van der Waals surface area contributed by atoms with Gasteiger partial charge in [-0.2, -0.15) is 5.26 Å². The second-order valence-corrected chi connectivity index (χ2v) is 7.25. The van der Waals surface area contributed by atoms with Gasteiger partial charge in [-0.3, -0.25) is 14.4 Å². The van der Waals surface area contributed by atoms with E-state index in [0.29, 0.717) is 17.8 Å². The van der Waals surface area contributed by atoms with Crippen molar-refractivity contribution in [2.75, 3.05) is 18.5 Å². The van der Waals surface area contributed by atoms with E-state index < -0.39 is 24.4 Å². The molecule has 1 atom stereocenters. The Kier molecular flexibility index (Phi) is 5.97. The van der Waals surface area contributed by atoms with Gasteiger partial charge in [-0.25, -0.2) is 0 Å². The number of anilines is 1. The molecule has 1 heterocycles. The maximum absolute atomic E-state index is 12.2. The Morgan fingerprint density at radius 1 is 1.33 bits per heavy atom. The normalized spacial score (nSPS) is 19.8. The number of hydrogen-bond acceptors (Lipinski definition) is 5. The van der Waals surface area contributed by atoms with Gasteiger partial charge in [0.1, 0.15) is 6.07 Å². The summed E-state index contributed by atoms with van der Waals surface area (Å²) in [5, 5.41) is 11.6. The highest BCUT2D eigenvalue weighted by atomic mass is 35.5. The third-order valence-corrected chi connectivity index (χ3v) is 5.29. The first kappa shape index (κ1) is 19.2. The van der Waals surface area contributed by atoms with Crippen molar-refractivity contribution in [3.8, 4) is 6.07 Å². The number of esters is 1. The van der Waals surface area contributed by atoms with Crippen LogP contribution < -0.4 is 5.32 Å². The minimum Gasteiger partial charge on any atom is -0.455 e.